The third-order valence-corrected chi connectivity index (χ3v) is 2.49. The molecule has 0 aliphatic heterocycles. The Hall–Kier alpha value is -1.94. The summed E-state index contributed by atoms with van der Waals surface area (Å²) in [4.78, 5) is 3.91. The van der Waals surface area contributed by atoms with Crippen molar-refractivity contribution in [3.63, 3.8) is 0 Å². The van der Waals surface area contributed by atoms with E-state index in [0.29, 0.717) is 11.1 Å². The van der Waals surface area contributed by atoms with Crippen LogP contribution in [0.1, 0.15) is 17.2 Å². The molecule has 0 amide bonds. The number of pyridine rings is 1. The van der Waals surface area contributed by atoms with Crippen molar-refractivity contribution in [1.82, 2.24) is 4.98 Å². The first kappa shape index (κ1) is 11.5. The Balaban J connectivity index is 2.32. The third kappa shape index (κ3) is 2.42. The monoisotopic (exact) mass is 233 g/mol. The van der Waals surface area contributed by atoms with Gasteiger partial charge < -0.3 is 9.84 Å². The largest absolute Gasteiger partial charge is 0.494 e. The number of methoxy groups -OCH3 is 1. The summed E-state index contributed by atoms with van der Waals surface area (Å²) in [5.41, 5.74) is 1.09. The van der Waals surface area contributed by atoms with Crippen molar-refractivity contribution in [2.75, 3.05) is 7.11 Å². The van der Waals surface area contributed by atoms with Gasteiger partial charge in [-0.25, -0.2) is 4.39 Å². The van der Waals surface area contributed by atoms with Crippen LogP contribution in [0, 0.1) is 5.82 Å². The number of aliphatic hydroxyl groups excluding tert-OH is 1. The molecular formula is C13H12FNO2. The van der Waals surface area contributed by atoms with E-state index in [-0.39, 0.29) is 5.75 Å². The molecule has 1 atom stereocenters. The normalized spacial score (nSPS) is 12.2. The number of nitrogens with zero attached hydrogens (tertiary/aromatic N) is 1. The molecule has 0 fully saturated rings. The number of aliphatic hydroxyl groups is 1. The number of aromatic nitrogens is 1. The van der Waals surface area contributed by atoms with E-state index in [1.165, 1.54) is 19.2 Å². The van der Waals surface area contributed by atoms with Gasteiger partial charge in [0.25, 0.3) is 0 Å². The molecule has 2 rings (SSSR count). The number of rotatable bonds is 3. The van der Waals surface area contributed by atoms with Crippen LogP contribution < -0.4 is 4.74 Å². The Bertz CT molecular complexity index is 502. The van der Waals surface area contributed by atoms with E-state index in [1.807, 2.05) is 0 Å². The summed E-state index contributed by atoms with van der Waals surface area (Å²) in [5, 5.41) is 10.0. The van der Waals surface area contributed by atoms with Gasteiger partial charge in [-0.1, -0.05) is 12.1 Å². The molecule has 1 unspecified atom stereocenters. The summed E-state index contributed by atoms with van der Waals surface area (Å²) in [6.07, 6.45) is 2.28. The van der Waals surface area contributed by atoms with Gasteiger partial charge in [0.15, 0.2) is 11.6 Å². The van der Waals surface area contributed by atoms with E-state index in [9.17, 15) is 9.50 Å². The Morgan fingerprint density at radius 1 is 1.29 bits per heavy atom. The minimum absolute atomic E-state index is 0.159. The summed E-state index contributed by atoms with van der Waals surface area (Å²) in [7, 11) is 1.40. The van der Waals surface area contributed by atoms with Gasteiger partial charge in [0.05, 0.1) is 7.11 Å². The van der Waals surface area contributed by atoms with E-state index < -0.39 is 11.9 Å². The van der Waals surface area contributed by atoms with Crippen molar-refractivity contribution in [3.8, 4) is 5.75 Å². The van der Waals surface area contributed by atoms with Gasteiger partial charge in [-0.3, -0.25) is 4.98 Å². The lowest BCUT2D eigenvalue weighted by Gasteiger charge is -2.12. The third-order valence-electron chi connectivity index (χ3n) is 2.49. The van der Waals surface area contributed by atoms with Crippen molar-refractivity contribution in [1.29, 1.82) is 0 Å². The van der Waals surface area contributed by atoms with E-state index in [0.717, 1.165) is 0 Å². The minimum atomic E-state index is -0.885. The number of hydrogen-bond donors (Lipinski definition) is 1. The fourth-order valence-corrected chi connectivity index (χ4v) is 1.58. The lowest BCUT2D eigenvalue weighted by Crippen LogP contribution is -2.01. The molecule has 17 heavy (non-hydrogen) atoms. The maximum atomic E-state index is 13.5. The fourth-order valence-electron chi connectivity index (χ4n) is 1.58. The molecule has 1 aromatic heterocycles. The summed E-state index contributed by atoms with van der Waals surface area (Å²) >= 11 is 0. The summed E-state index contributed by atoms with van der Waals surface area (Å²) in [5.74, 6) is -0.333. The zero-order valence-corrected chi connectivity index (χ0v) is 9.30. The molecular weight excluding hydrogens is 221 g/mol. The molecule has 2 aromatic rings. The van der Waals surface area contributed by atoms with Crippen molar-refractivity contribution in [3.05, 3.63) is 59.7 Å². The number of halogens is 1. The van der Waals surface area contributed by atoms with Crippen molar-refractivity contribution < 1.29 is 14.2 Å². The highest BCUT2D eigenvalue weighted by molar-refractivity contribution is 5.34. The minimum Gasteiger partial charge on any atom is -0.494 e. The second-order valence-corrected chi connectivity index (χ2v) is 3.58. The van der Waals surface area contributed by atoms with Gasteiger partial charge in [-0.05, 0) is 23.8 Å². The van der Waals surface area contributed by atoms with Gasteiger partial charge in [-0.2, -0.15) is 0 Å². The first-order valence-corrected chi connectivity index (χ1v) is 5.14. The highest BCUT2D eigenvalue weighted by atomic mass is 19.1. The quantitative estimate of drug-likeness (QED) is 0.884. The fraction of sp³-hybridized carbons (Fsp3) is 0.154. The van der Waals surface area contributed by atoms with Gasteiger partial charge in [0.1, 0.15) is 6.10 Å². The number of benzene rings is 1. The predicted octanol–water partition coefficient (Wildman–Crippen LogP) is 2.31. The van der Waals surface area contributed by atoms with Crippen LogP contribution in [0.3, 0.4) is 0 Å². The molecule has 1 aromatic carbocycles. The van der Waals surface area contributed by atoms with Gasteiger partial charge in [0.2, 0.25) is 0 Å². The lowest BCUT2D eigenvalue weighted by molar-refractivity contribution is 0.219. The predicted molar refractivity (Wildman–Crippen MR) is 61.3 cm³/mol. The van der Waals surface area contributed by atoms with Crippen LogP contribution in [0.4, 0.5) is 4.39 Å². The van der Waals surface area contributed by atoms with Crippen molar-refractivity contribution >= 4 is 0 Å². The molecule has 1 heterocycles. The molecule has 0 saturated carbocycles. The van der Waals surface area contributed by atoms with Crippen molar-refractivity contribution in [2.24, 2.45) is 0 Å². The molecule has 0 spiro atoms. The standard InChI is InChI=1S/C13H12FNO2/c1-17-12-5-4-9(7-11(12)14)13(16)10-3-2-6-15-8-10/h2-8,13,16H,1H3. The molecule has 0 saturated heterocycles. The maximum Gasteiger partial charge on any atom is 0.165 e. The molecule has 1 N–H and O–H groups in total. The summed E-state index contributed by atoms with van der Waals surface area (Å²) < 4.78 is 18.3. The van der Waals surface area contributed by atoms with Crippen LogP contribution in [0.15, 0.2) is 42.7 Å². The number of hydrogen-bond acceptors (Lipinski definition) is 3. The van der Waals surface area contributed by atoms with Gasteiger partial charge in [-0.15, -0.1) is 0 Å². The highest BCUT2D eigenvalue weighted by Gasteiger charge is 2.13. The Morgan fingerprint density at radius 3 is 2.71 bits per heavy atom. The molecule has 0 radical (unpaired) electrons. The highest BCUT2D eigenvalue weighted by Crippen LogP contribution is 2.25. The molecule has 88 valence electrons. The smallest absolute Gasteiger partial charge is 0.165 e. The molecule has 0 aliphatic carbocycles. The first-order valence-electron chi connectivity index (χ1n) is 5.14. The zero-order valence-electron chi connectivity index (χ0n) is 9.30. The Morgan fingerprint density at radius 2 is 2.12 bits per heavy atom. The van der Waals surface area contributed by atoms with E-state index in [4.69, 9.17) is 4.74 Å². The second kappa shape index (κ2) is 4.93. The molecule has 0 bridgehead atoms. The van der Waals surface area contributed by atoms with E-state index >= 15 is 0 Å². The van der Waals surface area contributed by atoms with Gasteiger partial charge >= 0.3 is 0 Å². The lowest BCUT2D eigenvalue weighted by atomic mass is 10.0. The molecule has 3 nitrogen and oxygen atoms in total. The molecule has 0 aliphatic rings. The van der Waals surface area contributed by atoms with Crippen LogP contribution in [0.25, 0.3) is 0 Å². The van der Waals surface area contributed by atoms with Crippen molar-refractivity contribution in [2.45, 2.75) is 6.10 Å². The first-order chi connectivity index (χ1) is 8.22. The summed E-state index contributed by atoms with van der Waals surface area (Å²) in [6, 6.07) is 7.83. The Kier molecular flexibility index (Phi) is 3.35. The zero-order chi connectivity index (χ0) is 12.3. The van der Waals surface area contributed by atoms with Crippen LogP contribution in [0.5, 0.6) is 5.75 Å². The van der Waals surface area contributed by atoms with Crippen LogP contribution in [0.2, 0.25) is 0 Å². The van der Waals surface area contributed by atoms with Gasteiger partial charge in [0, 0.05) is 18.0 Å². The average Bonchev–Trinajstić information content (AvgIpc) is 2.39. The SMILES string of the molecule is COc1ccc(C(O)c2cccnc2)cc1F. The number of ether oxygens (including phenoxy) is 1. The van der Waals surface area contributed by atoms with E-state index in [1.54, 1.807) is 30.6 Å². The second-order valence-electron chi connectivity index (χ2n) is 3.58. The molecule has 4 heteroatoms. The van der Waals surface area contributed by atoms with E-state index in [2.05, 4.69) is 4.98 Å². The van der Waals surface area contributed by atoms with Crippen LogP contribution >= 0.6 is 0 Å². The van der Waals surface area contributed by atoms with Crippen LogP contribution in [-0.2, 0) is 0 Å². The topological polar surface area (TPSA) is 42.4 Å². The summed E-state index contributed by atoms with van der Waals surface area (Å²) in [6.45, 7) is 0. The average molecular weight is 233 g/mol. The Labute approximate surface area is 98.5 Å². The maximum absolute atomic E-state index is 13.5. The van der Waals surface area contributed by atoms with Crippen LogP contribution in [-0.4, -0.2) is 17.2 Å².